The van der Waals surface area contributed by atoms with Gasteiger partial charge < -0.3 is 5.32 Å². The molecule has 3 rings (SSSR count). The lowest BCUT2D eigenvalue weighted by Crippen LogP contribution is -2.33. The third kappa shape index (κ3) is 4.10. The van der Waals surface area contributed by atoms with Gasteiger partial charge in [0.1, 0.15) is 0 Å². The van der Waals surface area contributed by atoms with E-state index in [4.69, 9.17) is 0 Å². The summed E-state index contributed by atoms with van der Waals surface area (Å²) < 4.78 is 0. The van der Waals surface area contributed by atoms with E-state index in [1.807, 2.05) is 0 Å². The first-order valence-corrected chi connectivity index (χ1v) is 9.19. The third-order valence-electron chi connectivity index (χ3n) is 5.48. The van der Waals surface area contributed by atoms with E-state index < -0.39 is 0 Å². The molecule has 21 heavy (non-hydrogen) atoms. The molecule has 1 heteroatoms. The Bertz CT molecular complexity index is 445. The molecule has 0 bridgehead atoms. The minimum Gasteiger partial charge on any atom is -0.314 e. The first kappa shape index (κ1) is 15.1. The average molecular weight is 285 g/mol. The quantitative estimate of drug-likeness (QED) is 0.801. The highest BCUT2D eigenvalue weighted by atomic mass is 14.9. The topological polar surface area (TPSA) is 12.0 Å². The second-order valence-corrected chi connectivity index (χ2v) is 7.16. The van der Waals surface area contributed by atoms with E-state index in [2.05, 4.69) is 30.4 Å². The largest absolute Gasteiger partial charge is 0.314 e. The highest BCUT2D eigenvalue weighted by molar-refractivity contribution is 5.35. The molecule has 1 N–H and O–H groups in total. The fourth-order valence-corrected chi connectivity index (χ4v) is 4.39. The van der Waals surface area contributed by atoms with Crippen LogP contribution >= 0.6 is 0 Å². The summed E-state index contributed by atoms with van der Waals surface area (Å²) in [5.74, 6) is 0.970. The molecule has 1 aromatic rings. The predicted molar refractivity (Wildman–Crippen MR) is 90.8 cm³/mol. The second-order valence-electron chi connectivity index (χ2n) is 7.16. The van der Waals surface area contributed by atoms with Crippen LogP contribution in [-0.4, -0.2) is 12.6 Å². The van der Waals surface area contributed by atoms with Crippen LogP contribution in [0, 0.1) is 5.92 Å². The maximum Gasteiger partial charge on any atom is 0.0110 e. The first-order valence-electron chi connectivity index (χ1n) is 9.19. The second kappa shape index (κ2) is 7.45. The van der Waals surface area contributed by atoms with Crippen molar-refractivity contribution in [3.05, 3.63) is 34.9 Å². The predicted octanol–water partition coefficient (Wildman–Crippen LogP) is 4.67. The van der Waals surface area contributed by atoms with Gasteiger partial charge in [0.2, 0.25) is 0 Å². The molecule has 1 atom stereocenters. The summed E-state index contributed by atoms with van der Waals surface area (Å²) in [6.07, 6.45) is 13.9. The zero-order valence-electron chi connectivity index (χ0n) is 13.7. The van der Waals surface area contributed by atoms with Crippen molar-refractivity contribution < 1.29 is 0 Å². The van der Waals surface area contributed by atoms with Gasteiger partial charge in [-0.2, -0.15) is 0 Å². The van der Waals surface area contributed by atoms with Gasteiger partial charge in [0.25, 0.3) is 0 Å². The SMILES string of the molecule is CCNC(Cc1ccc2c(c1)CCC2)CC1CCCCC1. The van der Waals surface area contributed by atoms with Crippen molar-refractivity contribution in [3.8, 4) is 0 Å². The molecule has 0 aromatic heterocycles. The molecule has 0 aliphatic heterocycles. The Kier molecular flexibility index (Phi) is 5.35. The van der Waals surface area contributed by atoms with E-state index in [1.54, 1.807) is 16.7 Å². The summed E-state index contributed by atoms with van der Waals surface area (Å²) in [5, 5.41) is 3.75. The number of aryl methyl sites for hydroxylation is 2. The van der Waals surface area contributed by atoms with E-state index in [1.165, 1.54) is 64.2 Å². The highest BCUT2D eigenvalue weighted by Gasteiger charge is 2.19. The molecular formula is C20H31N. The van der Waals surface area contributed by atoms with E-state index in [9.17, 15) is 0 Å². The summed E-state index contributed by atoms with van der Waals surface area (Å²) >= 11 is 0. The molecule has 2 aliphatic carbocycles. The number of hydrogen-bond acceptors (Lipinski definition) is 1. The Hall–Kier alpha value is -0.820. The van der Waals surface area contributed by atoms with Crippen LogP contribution in [-0.2, 0) is 19.3 Å². The number of likely N-dealkylation sites (N-methyl/N-ethyl adjacent to an activating group) is 1. The Morgan fingerprint density at radius 2 is 1.86 bits per heavy atom. The number of benzene rings is 1. The number of nitrogens with one attached hydrogen (secondary N) is 1. The van der Waals surface area contributed by atoms with Crippen LogP contribution in [0.5, 0.6) is 0 Å². The zero-order valence-corrected chi connectivity index (χ0v) is 13.7. The van der Waals surface area contributed by atoms with Gasteiger partial charge in [0.05, 0.1) is 0 Å². The van der Waals surface area contributed by atoms with Crippen molar-refractivity contribution in [3.63, 3.8) is 0 Å². The summed E-state index contributed by atoms with van der Waals surface area (Å²) in [6, 6.07) is 7.95. The molecule has 0 saturated heterocycles. The van der Waals surface area contributed by atoms with Gasteiger partial charge in [-0.1, -0.05) is 57.2 Å². The van der Waals surface area contributed by atoms with Crippen LogP contribution in [0.1, 0.15) is 68.6 Å². The van der Waals surface area contributed by atoms with Gasteiger partial charge in [0.15, 0.2) is 0 Å². The molecule has 0 heterocycles. The van der Waals surface area contributed by atoms with Crippen LogP contribution in [0.4, 0.5) is 0 Å². The van der Waals surface area contributed by atoms with Crippen LogP contribution in [0.3, 0.4) is 0 Å². The van der Waals surface area contributed by atoms with Gasteiger partial charge in [-0.05, 0) is 61.3 Å². The van der Waals surface area contributed by atoms with Crippen LogP contribution in [0.15, 0.2) is 18.2 Å². The van der Waals surface area contributed by atoms with Crippen molar-refractivity contribution in [2.75, 3.05) is 6.54 Å². The minimum atomic E-state index is 0.678. The van der Waals surface area contributed by atoms with Gasteiger partial charge in [0, 0.05) is 6.04 Å². The van der Waals surface area contributed by atoms with Crippen molar-refractivity contribution in [2.45, 2.75) is 77.2 Å². The van der Waals surface area contributed by atoms with Crippen LogP contribution in [0.2, 0.25) is 0 Å². The fourth-order valence-electron chi connectivity index (χ4n) is 4.39. The van der Waals surface area contributed by atoms with Crippen molar-refractivity contribution >= 4 is 0 Å². The van der Waals surface area contributed by atoms with Crippen LogP contribution < -0.4 is 5.32 Å². The average Bonchev–Trinajstić information content (AvgIpc) is 2.96. The first-order chi connectivity index (χ1) is 10.3. The molecule has 1 fully saturated rings. The highest BCUT2D eigenvalue weighted by Crippen LogP contribution is 2.29. The molecule has 0 radical (unpaired) electrons. The molecule has 2 aliphatic rings. The van der Waals surface area contributed by atoms with Gasteiger partial charge in [-0.25, -0.2) is 0 Å². The van der Waals surface area contributed by atoms with Crippen molar-refractivity contribution in [1.82, 2.24) is 5.32 Å². The lowest BCUT2D eigenvalue weighted by atomic mass is 9.83. The Morgan fingerprint density at radius 1 is 1.05 bits per heavy atom. The molecule has 1 aromatic carbocycles. The molecule has 1 nitrogen and oxygen atoms in total. The summed E-state index contributed by atoms with van der Waals surface area (Å²) in [5.41, 5.74) is 4.78. The molecule has 0 spiro atoms. The normalized spacial score (nSPS) is 20.4. The standard InChI is InChI=1S/C20H31N/c1-2-21-20(14-16-7-4-3-5-8-16)15-17-11-12-18-9-6-10-19(18)13-17/h11-13,16,20-21H,2-10,14-15H2,1H3. The monoisotopic (exact) mass is 285 g/mol. The smallest absolute Gasteiger partial charge is 0.0110 e. The molecule has 116 valence electrons. The summed E-state index contributed by atoms with van der Waals surface area (Å²) in [6.45, 7) is 3.35. The Morgan fingerprint density at radius 3 is 2.67 bits per heavy atom. The molecule has 1 unspecified atom stereocenters. The van der Waals surface area contributed by atoms with E-state index >= 15 is 0 Å². The maximum absolute atomic E-state index is 3.75. The van der Waals surface area contributed by atoms with Crippen molar-refractivity contribution in [2.24, 2.45) is 5.92 Å². The lowest BCUT2D eigenvalue weighted by Gasteiger charge is -2.27. The van der Waals surface area contributed by atoms with E-state index in [0.717, 1.165) is 12.5 Å². The van der Waals surface area contributed by atoms with Gasteiger partial charge in [-0.15, -0.1) is 0 Å². The minimum absolute atomic E-state index is 0.678. The van der Waals surface area contributed by atoms with E-state index in [0.29, 0.717) is 6.04 Å². The number of fused-ring (bicyclic) bond motifs is 1. The fraction of sp³-hybridized carbons (Fsp3) is 0.700. The number of rotatable bonds is 6. The lowest BCUT2D eigenvalue weighted by molar-refractivity contribution is 0.298. The maximum atomic E-state index is 3.75. The summed E-state index contributed by atoms with van der Waals surface area (Å²) in [7, 11) is 0. The Labute approximate surface area is 130 Å². The third-order valence-corrected chi connectivity index (χ3v) is 5.48. The molecule has 1 saturated carbocycles. The number of hydrogen-bond donors (Lipinski definition) is 1. The Balaban J connectivity index is 1.61. The molecule has 0 amide bonds. The van der Waals surface area contributed by atoms with E-state index in [-0.39, 0.29) is 0 Å². The summed E-state index contributed by atoms with van der Waals surface area (Å²) in [4.78, 5) is 0. The van der Waals surface area contributed by atoms with Gasteiger partial charge >= 0.3 is 0 Å². The van der Waals surface area contributed by atoms with Gasteiger partial charge in [-0.3, -0.25) is 0 Å². The molecular weight excluding hydrogens is 254 g/mol. The van der Waals surface area contributed by atoms with Crippen molar-refractivity contribution in [1.29, 1.82) is 0 Å². The zero-order chi connectivity index (χ0) is 14.5. The van der Waals surface area contributed by atoms with Crippen LogP contribution in [0.25, 0.3) is 0 Å².